The van der Waals surface area contributed by atoms with Gasteiger partial charge in [-0.05, 0) is 35.1 Å². The lowest BCUT2D eigenvalue weighted by Crippen LogP contribution is -2.44. The first-order chi connectivity index (χ1) is 15.0. The highest BCUT2D eigenvalue weighted by Crippen LogP contribution is 2.44. The lowest BCUT2D eigenvalue weighted by Gasteiger charge is -2.24. The van der Waals surface area contributed by atoms with Gasteiger partial charge in [0.05, 0.1) is 12.0 Å². The van der Waals surface area contributed by atoms with Crippen molar-refractivity contribution in [2.45, 2.75) is 31.6 Å². The number of aliphatic carboxylic acids is 1. The Balaban J connectivity index is 1.27. The Morgan fingerprint density at radius 2 is 1.52 bits per heavy atom. The van der Waals surface area contributed by atoms with Gasteiger partial charge in [0, 0.05) is 12.5 Å². The van der Waals surface area contributed by atoms with Gasteiger partial charge >= 0.3 is 12.1 Å². The van der Waals surface area contributed by atoms with E-state index in [0.29, 0.717) is 12.8 Å². The molecule has 0 aliphatic heterocycles. The van der Waals surface area contributed by atoms with E-state index < -0.39 is 23.4 Å². The van der Waals surface area contributed by atoms with Crippen LogP contribution >= 0.6 is 0 Å². The smallest absolute Gasteiger partial charge is 0.407 e. The Morgan fingerprint density at radius 3 is 2.10 bits per heavy atom. The zero-order valence-corrected chi connectivity index (χ0v) is 17.2. The number of hydrogen-bond donors (Lipinski definition) is 3. The second-order valence-corrected chi connectivity index (χ2v) is 8.25. The zero-order valence-electron chi connectivity index (χ0n) is 17.2. The third-order valence-corrected chi connectivity index (χ3v) is 6.38. The van der Waals surface area contributed by atoms with Crippen molar-refractivity contribution < 1.29 is 24.2 Å². The summed E-state index contributed by atoms with van der Waals surface area (Å²) in [5.74, 6) is -1.36. The van der Waals surface area contributed by atoms with E-state index in [4.69, 9.17) is 4.74 Å². The van der Waals surface area contributed by atoms with Crippen molar-refractivity contribution in [2.75, 3.05) is 19.7 Å². The standard InChI is InChI=1S/C24H26N2O5/c27-21(26-15-24(22(28)29)11-5-6-12-24)13-25-23(30)31-14-20-18-9-3-1-7-16(18)17-8-2-4-10-19(17)20/h1-4,7-10,20H,5-6,11-15H2,(H,25,30)(H,26,27)(H,28,29). The maximum atomic E-state index is 12.2. The second-order valence-electron chi connectivity index (χ2n) is 8.25. The summed E-state index contributed by atoms with van der Waals surface area (Å²) < 4.78 is 5.40. The molecule has 2 aromatic rings. The number of hydrogen-bond acceptors (Lipinski definition) is 4. The third kappa shape index (κ3) is 4.26. The van der Waals surface area contributed by atoms with Crippen LogP contribution in [-0.2, 0) is 14.3 Å². The summed E-state index contributed by atoms with van der Waals surface area (Å²) in [6, 6.07) is 16.1. The van der Waals surface area contributed by atoms with Crippen LogP contribution in [0, 0.1) is 5.41 Å². The molecule has 162 valence electrons. The van der Waals surface area contributed by atoms with E-state index in [1.165, 1.54) is 0 Å². The zero-order chi connectivity index (χ0) is 21.8. The molecule has 2 amide bonds. The molecule has 0 saturated heterocycles. The van der Waals surface area contributed by atoms with E-state index in [1.807, 2.05) is 36.4 Å². The topological polar surface area (TPSA) is 105 Å². The number of carboxylic acid groups (broad SMARTS) is 1. The lowest BCUT2D eigenvalue weighted by atomic mass is 9.86. The molecule has 31 heavy (non-hydrogen) atoms. The Kier molecular flexibility index (Phi) is 5.93. The normalized spacial score (nSPS) is 16.3. The van der Waals surface area contributed by atoms with Crippen LogP contribution in [0.1, 0.15) is 42.7 Å². The van der Waals surface area contributed by atoms with Gasteiger partial charge in [-0.2, -0.15) is 0 Å². The predicted octanol–water partition coefficient (Wildman–Crippen LogP) is 3.29. The van der Waals surface area contributed by atoms with Crippen molar-refractivity contribution in [3.63, 3.8) is 0 Å². The van der Waals surface area contributed by atoms with E-state index in [-0.39, 0.29) is 25.6 Å². The fourth-order valence-electron chi connectivity index (χ4n) is 4.65. The predicted molar refractivity (Wildman–Crippen MR) is 115 cm³/mol. The fraction of sp³-hybridized carbons (Fsp3) is 0.375. The van der Waals surface area contributed by atoms with Gasteiger partial charge in [0.25, 0.3) is 0 Å². The van der Waals surface area contributed by atoms with Gasteiger partial charge in [0.15, 0.2) is 0 Å². The van der Waals surface area contributed by atoms with E-state index >= 15 is 0 Å². The number of amides is 2. The quantitative estimate of drug-likeness (QED) is 0.635. The summed E-state index contributed by atoms with van der Waals surface area (Å²) in [6.07, 6.45) is 2.14. The van der Waals surface area contributed by atoms with Crippen molar-refractivity contribution in [3.05, 3.63) is 59.7 Å². The summed E-state index contributed by atoms with van der Waals surface area (Å²) in [6.45, 7) is -0.0104. The first-order valence-electron chi connectivity index (χ1n) is 10.6. The Morgan fingerprint density at radius 1 is 0.935 bits per heavy atom. The molecule has 3 N–H and O–H groups in total. The molecule has 2 aliphatic rings. The molecule has 0 radical (unpaired) electrons. The van der Waals surface area contributed by atoms with Crippen LogP contribution in [0.5, 0.6) is 0 Å². The van der Waals surface area contributed by atoms with Crippen LogP contribution in [0.15, 0.2) is 48.5 Å². The van der Waals surface area contributed by atoms with Crippen LogP contribution in [0.3, 0.4) is 0 Å². The number of carbonyl (C=O) groups excluding carboxylic acids is 2. The van der Waals surface area contributed by atoms with Crippen LogP contribution in [0.25, 0.3) is 11.1 Å². The van der Waals surface area contributed by atoms with Gasteiger partial charge in [-0.25, -0.2) is 4.79 Å². The molecule has 0 atom stereocenters. The number of rotatable bonds is 7. The van der Waals surface area contributed by atoms with Crippen LogP contribution < -0.4 is 10.6 Å². The van der Waals surface area contributed by atoms with Gasteiger partial charge in [0.2, 0.25) is 5.91 Å². The van der Waals surface area contributed by atoms with Crippen LogP contribution in [0.4, 0.5) is 4.79 Å². The average Bonchev–Trinajstić information content (AvgIpc) is 3.39. The second kappa shape index (κ2) is 8.79. The van der Waals surface area contributed by atoms with E-state index in [1.54, 1.807) is 0 Å². The molecule has 1 fully saturated rings. The molecular formula is C24H26N2O5. The Hall–Kier alpha value is -3.35. The molecule has 0 aromatic heterocycles. The van der Waals surface area contributed by atoms with Crippen molar-refractivity contribution in [1.82, 2.24) is 10.6 Å². The van der Waals surface area contributed by atoms with Crippen molar-refractivity contribution in [2.24, 2.45) is 5.41 Å². The van der Waals surface area contributed by atoms with Gasteiger partial charge in [0.1, 0.15) is 6.61 Å². The molecule has 0 spiro atoms. The highest BCUT2D eigenvalue weighted by molar-refractivity contribution is 5.83. The van der Waals surface area contributed by atoms with Crippen LogP contribution in [0.2, 0.25) is 0 Å². The van der Waals surface area contributed by atoms with Gasteiger partial charge < -0.3 is 20.5 Å². The molecule has 7 nitrogen and oxygen atoms in total. The minimum Gasteiger partial charge on any atom is -0.481 e. The maximum Gasteiger partial charge on any atom is 0.407 e. The number of nitrogens with one attached hydrogen (secondary N) is 2. The SMILES string of the molecule is O=C(CNC(=O)OCC1c2ccccc2-c2ccccc21)NCC1(C(=O)O)CCCC1. The number of ether oxygens (including phenoxy) is 1. The molecular weight excluding hydrogens is 396 g/mol. The minimum atomic E-state index is -0.889. The Labute approximate surface area is 180 Å². The Bertz CT molecular complexity index is 951. The first kappa shape index (κ1) is 20.9. The summed E-state index contributed by atoms with van der Waals surface area (Å²) in [5.41, 5.74) is 3.63. The monoisotopic (exact) mass is 422 g/mol. The average molecular weight is 422 g/mol. The minimum absolute atomic E-state index is 0.0511. The van der Waals surface area contributed by atoms with Gasteiger partial charge in [-0.1, -0.05) is 61.4 Å². The molecule has 0 bridgehead atoms. The summed E-state index contributed by atoms with van der Waals surface area (Å²) in [5, 5.41) is 14.6. The molecule has 0 heterocycles. The molecule has 2 aromatic carbocycles. The molecule has 0 unspecified atom stereocenters. The van der Waals surface area contributed by atoms with Gasteiger partial charge in [-0.3, -0.25) is 9.59 Å². The number of carboxylic acids is 1. The van der Waals surface area contributed by atoms with Crippen LogP contribution in [-0.4, -0.2) is 42.8 Å². The van der Waals surface area contributed by atoms with Crippen molar-refractivity contribution in [1.29, 1.82) is 0 Å². The number of carbonyl (C=O) groups is 3. The highest BCUT2D eigenvalue weighted by atomic mass is 16.5. The molecule has 2 aliphatic carbocycles. The fourth-order valence-corrected chi connectivity index (χ4v) is 4.65. The van der Waals surface area contributed by atoms with Crippen molar-refractivity contribution in [3.8, 4) is 11.1 Å². The number of benzene rings is 2. The van der Waals surface area contributed by atoms with E-state index in [0.717, 1.165) is 35.1 Å². The summed E-state index contributed by atoms with van der Waals surface area (Å²) in [7, 11) is 0. The number of fused-ring (bicyclic) bond motifs is 3. The van der Waals surface area contributed by atoms with Crippen molar-refractivity contribution >= 4 is 18.0 Å². The summed E-state index contributed by atoms with van der Waals surface area (Å²) in [4.78, 5) is 35.8. The molecule has 7 heteroatoms. The third-order valence-electron chi connectivity index (χ3n) is 6.38. The van der Waals surface area contributed by atoms with E-state index in [2.05, 4.69) is 22.8 Å². The molecule has 1 saturated carbocycles. The highest BCUT2D eigenvalue weighted by Gasteiger charge is 2.41. The van der Waals surface area contributed by atoms with Gasteiger partial charge in [-0.15, -0.1) is 0 Å². The van der Waals surface area contributed by atoms with E-state index in [9.17, 15) is 19.5 Å². The molecule has 4 rings (SSSR count). The first-order valence-corrected chi connectivity index (χ1v) is 10.6. The maximum absolute atomic E-state index is 12.2. The number of alkyl carbamates (subject to hydrolysis) is 1. The summed E-state index contributed by atoms with van der Waals surface area (Å²) >= 11 is 0. The lowest BCUT2D eigenvalue weighted by molar-refractivity contribution is -0.148. The largest absolute Gasteiger partial charge is 0.481 e.